The van der Waals surface area contributed by atoms with Crippen molar-refractivity contribution in [3.05, 3.63) is 267 Å². The summed E-state index contributed by atoms with van der Waals surface area (Å²) in [6.45, 7) is 0. The van der Waals surface area contributed by atoms with Gasteiger partial charge in [-0.2, -0.15) is 0 Å². The van der Waals surface area contributed by atoms with Crippen LogP contribution in [-0.2, 0) is 0 Å². The number of anilines is 6. The molecule has 0 aliphatic carbocycles. The zero-order valence-corrected chi connectivity index (χ0v) is 36.7. The van der Waals surface area contributed by atoms with Gasteiger partial charge in [0.05, 0.1) is 11.4 Å². The molecule has 12 rings (SSSR count). The van der Waals surface area contributed by atoms with Crippen molar-refractivity contribution in [1.82, 2.24) is 0 Å². The SMILES string of the molecule is c1ccc(-c2ccc(N(c3ccc(-c4ccccc4)c(-c4ccccc4)c3)c3cc4c5c(cccc5c3)-c3c(cccc3N(c3ccccc3)c3ccccc3)O4)cc2-c2ccccc2)cc1. The fourth-order valence-corrected chi connectivity index (χ4v) is 9.79. The Kier molecular flexibility index (Phi) is 10.2. The van der Waals surface area contributed by atoms with Crippen LogP contribution in [0.1, 0.15) is 0 Å². The maximum absolute atomic E-state index is 7.16. The second-order valence-electron chi connectivity index (χ2n) is 16.9. The summed E-state index contributed by atoms with van der Waals surface area (Å²) < 4.78 is 7.16. The van der Waals surface area contributed by atoms with Gasteiger partial charge in [0.25, 0.3) is 0 Å². The number of ether oxygens (including phenoxy) is 1. The molecule has 3 heteroatoms. The first-order valence-electron chi connectivity index (χ1n) is 22.8. The Labute approximate surface area is 391 Å². The molecule has 0 unspecified atom stereocenters. The number of benzene rings is 11. The third-order valence-electron chi connectivity index (χ3n) is 12.8. The van der Waals surface area contributed by atoms with Gasteiger partial charge in [-0.25, -0.2) is 0 Å². The maximum Gasteiger partial charge on any atom is 0.138 e. The smallest absolute Gasteiger partial charge is 0.138 e. The molecule has 0 aromatic heterocycles. The normalized spacial score (nSPS) is 11.4. The van der Waals surface area contributed by atoms with E-state index in [9.17, 15) is 0 Å². The number of nitrogens with zero attached hydrogens (tertiary/aromatic N) is 2. The van der Waals surface area contributed by atoms with Crippen molar-refractivity contribution in [3.8, 4) is 67.1 Å². The van der Waals surface area contributed by atoms with E-state index < -0.39 is 0 Å². The molecular weight excluding hydrogens is 813 g/mol. The maximum atomic E-state index is 7.16. The zero-order valence-electron chi connectivity index (χ0n) is 36.7. The fourth-order valence-electron chi connectivity index (χ4n) is 9.79. The second kappa shape index (κ2) is 17.2. The third-order valence-corrected chi connectivity index (χ3v) is 12.8. The Bertz CT molecular complexity index is 3360. The van der Waals surface area contributed by atoms with Crippen LogP contribution in [-0.4, -0.2) is 0 Å². The van der Waals surface area contributed by atoms with Crippen molar-refractivity contribution in [1.29, 1.82) is 0 Å². The average Bonchev–Trinajstić information content (AvgIpc) is 3.40. The van der Waals surface area contributed by atoms with Crippen LogP contribution in [0.2, 0.25) is 0 Å². The molecule has 0 amide bonds. The van der Waals surface area contributed by atoms with Crippen LogP contribution in [0.5, 0.6) is 11.5 Å². The first-order chi connectivity index (χ1) is 33.2. The summed E-state index contributed by atoms with van der Waals surface area (Å²) in [5, 5.41) is 2.18. The highest BCUT2D eigenvalue weighted by atomic mass is 16.5. The highest BCUT2D eigenvalue weighted by molar-refractivity contribution is 6.10. The molecule has 1 heterocycles. The van der Waals surface area contributed by atoms with E-state index in [0.717, 1.165) is 89.8 Å². The Morgan fingerprint density at radius 1 is 0.254 bits per heavy atom. The summed E-state index contributed by atoms with van der Waals surface area (Å²) in [7, 11) is 0. The Morgan fingerprint density at radius 3 is 1.19 bits per heavy atom. The standard InChI is InChI=1S/C64H44N2O/c1-7-21-45(22-8-1)55-39-37-52(42-58(55)47-25-11-3-12-26-47)65(53-38-40-56(46-23-9-2-10-24-46)59(43-53)48-27-13-4-14-28-48)54-41-49-29-19-34-57-63(49)62(44-54)67-61-36-20-35-60(64(57)61)66(50-30-15-5-16-31-50)51-32-17-6-18-33-51/h1-44H. The lowest BCUT2D eigenvalue weighted by atomic mass is 9.91. The third kappa shape index (κ3) is 7.39. The van der Waals surface area contributed by atoms with Crippen molar-refractivity contribution >= 4 is 44.9 Å². The molecule has 1 aliphatic rings. The van der Waals surface area contributed by atoms with Crippen LogP contribution in [0.25, 0.3) is 66.4 Å². The van der Waals surface area contributed by atoms with Gasteiger partial charge in [0.2, 0.25) is 0 Å². The van der Waals surface area contributed by atoms with Crippen LogP contribution in [0, 0.1) is 0 Å². The number of rotatable bonds is 10. The van der Waals surface area contributed by atoms with Gasteiger partial charge in [-0.05, 0) is 122 Å². The number of hydrogen-bond acceptors (Lipinski definition) is 3. The van der Waals surface area contributed by atoms with Crippen LogP contribution in [0.4, 0.5) is 34.1 Å². The summed E-state index contributed by atoms with van der Waals surface area (Å²) in [4.78, 5) is 4.72. The number of hydrogen-bond donors (Lipinski definition) is 0. The minimum absolute atomic E-state index is 0.815. The van der Waals surface area contributed by atoms with Gasteiger partial charge in [-0.3, -0.25) is 0 Å². The van der Waals surface area contributed by atoms with Gasteiger partial charge < -0.3 is 14.5 Å². The molecule has 3 nitrogen and oxygen atoms in total. The Hall–Kier alpha value is -8.92. The Balaban J connectivity index is 1.08. The fraction of sp³-hybridized carbons (Fsp3) is 0. The van der Waals surface area contributed by atoms with Gasteiger partial charge in [0.1, 0.15) is 11.5 Å². The molecule has 0 fully saturated rings. The molecular formula is C64H44N2O. The van der Waals surface area contributed by atoms with Gasteiger partial charge in [0.15, 0.2) is 0 Å². The van der Waals surface area contributed by atoms with E-state index >= 15 is 0 Å². The van der Waals surface area contributed by atoms with Crippen LogP contribution in [0.3, 0.4) is 0 Å². The molecule has 67 heavy (non-hydrogen) atoms. The predicted molar refractivity (Wildman–Crippen MR) is 281 cm³/mol. The second-order valence-corrected chi connectivity index (χ2v) is 16.9. The van der Waals surface area contributed by atoms with Gasteiger partial charge in [-0.1, -0.05) is 194 Å². The molecule has 0 saturated heterocycles. The molecule has 0 saturated carbocycles. The van der Waals surface area contributed by atoms with E-state index in [-0.39, 0.29) is 0 Å². The first kappa shape index (κ1) is 39.7. The first-order valence-corrected chi connectivity index (χ1v) is 22.8. The van der Waals surface area contributed by atoms with Gasteiger partial charge in [0, 0.05) is 39.8 Å². The van der Waals surface area contributed by atoms with Crippen molar-refractivity contribution in [2.45, 2.75) is 0 Å². The molecule has 11 aromatic rings. The largest absolute Gasteiger partial charge is 0.456 e. The summed E-state index contributed by atoms with van der Waals surface area (Å²) in [6.07, 6.45) is 0. The van der Waals surface area contributed by atoms with Crippen molar-refractivity contribution in [3.63, 3.8) is 0 Å². The van der Waals surface area contributed by atoms with E-state index in [1.54, 1.807) is 0 Å². The molecule has 0 radical (unpaired) electrons. The highest BCUT2D eigenvalue weighted by Crippen LogP contribution is 2.54. The quantitative estimate of drug-likeness (QED) is 0.136. The minimum Gasteiger partial charge on any atom is -0.456 e. The van der Waals surface area contributed by atoms with Gasteiger partial charge >= 0.3 is 0 Å². The molecule has 0 N–H and O–H groups in total. The number of para-hydroxylation sites is 2. The van der Waals surface area contributed by atoms with E-state index in [1.165, 1.54) is 22.3 Å². The van der Waals surface area contributed by atoms with Crippen LogP contribution in [0.15, 0.2) is 267 Å². The van der Waals surface area contributed by atoms with Gasteiger partial charge in [-0.15, -0.1) is 0 Å². The summed E-state index contributed by atoms with van der Waals surface area (Å²) >= 11 is 0. The lowest BCUT2D eigenvalue weighted by Crippen LogP contribution is -2.13. The predicted octanol–water partition coefficient (Wildman–Crippen LogP) is 18.2. The lowest BCUT2D eigenvalue weighted by Gasteiger charge is -2.32. The molecule has 1 aliphatic heterocycles. The summed E-state index contributed by atoms with van der Waals surface area (Å²) in [5.74, 6) is 1.63. The van der Waals surface area contributed by atoms with Crippen LogP contribution < -0.4 is 14.5 Å². The van der Waals surface area contributed by atoms with Crippen molar-refractivity contribution < 1.29 is 4.74 Å². The van der Waals surface area contributed by atoms with E-state index in [0.29, 0.717) is 0 Å². The Morgan fingerprint density at radius 2 is 0.701 bits per heavy atom. The summed E-state index contributed by atoms with van der Waals surface area (Å²) in [5.41, 5.74) is 17.8. The molecule has 316 valence electrons. The van der Waals surface area contributed by atoms with Crippen LogP contribution >= 0.6 is 0 Å². The molecule has 11 aromatic carbocycles. The van der Waals surface area contributed by atoms with E-state index in [1.807, 2.05) is 0 Å². The topological polar surface area (TPSA) is 15.7 Å². The zero-order chi connectivity index (χ0) is 44.5. The average molecular weight is 857 g/mol. The summed E-state index contributed by atoms with van der Waals surface area (Å²) in [6, 6.07) is 95.4. The van der Waals surface area contributed by atoms with E-state index in [2.05, 4.69) is 277 Å². The van der Waals surface area contributed by atoms with Crippen molar-refractivity contribution in [2.24, 2.45) is 0 Å². The van der Waals surface area contributed by atoms with Crippen molar-refractivity contribution in [2.75, 3.05) is 9.80 Å². The molecule has 0 spiro atoms. The lowest BCUT2D eigenvalue weighted by molar-refractivity contribution is 0.487. The monoisotopic (exact) mass is 856 g/mol. The highest BCUT2D eigenvalue weighted by Gasteiger charge is 2.28. The molecule has 0 atom stereocenters. The van der Waals surface area contributed by atoms with E-state index in [4.69, 9.17) is 4.74 Å². The molecule has 0 bridgehead atoms. The minimum atomic E-state index is 0.815. The number of fused-ring (bicyclic) bond motifs is 2.